The predicted octanol–water partition coefficient (Wildman–Crippen LogP) is 3.23. The van der Waals surface area contributed by atoms with Crippen LogP contribution < -0.4 is 4.90 Å². The molecule has 0 radical (unpaired) electrons. The second-order valence-corrected chi connectivity index (χ2v) is 4.65. The number of likely N-dealkylation sites (N-methyl/N-ethyl adjacent to an activating group) is 1. The van der Waals surface area contributed by atoms with Gasteiger partial charge in [0.05, 0.1) is 11.6 Å². The molecule has 2 nitrogen and oxygen atoms in total. The molecule has 0 spiro atoms. The highest BCUT2D eigenvalue weighted by Crippen LogP contribution is 2.25. The average Bonchev–Trinajstić information content (AvgIpc) is 2.31. The van der Waals surface area contributed by atoms with Gasteiger partial charge in [0.1, 0.15) is 0 Å². The van der Waals surface area contributed by atoms with Crippen LogP contribution in [0, 0.1) is 0 Å². The Hall–Kier alpha value is -1.28. The Morgan fingerprint density at radius 1 is 1.41 bits per heavy atom. The minimum atomic E-state index is -0.756. The van der Waals surface area contributed by atoms with Gasteiger partial charge in [0, 0.05) is 12.2 Å². The van der Waals surface area contributed by atoms with Crippen LogP contribution in [0.4, 0.5) is 5.69 Å². The molecule has 0 saturated heterocycles. The number of para-hydroxylation sites is 1. The average molecular weight is 233 g/mol. The van der Waals surface area contributed by atoms with Gasteiger partial charge in [-0.1, -0.05) is 24.3 Å². The molecule has 0 bridgehead atoms. The molecule has 0 heterocycles. The van der Waals surface area contributed by atoms with Crippen molar-refractivity contribution in [3.05, 3.63) is 43.0 Å². The number of aliphatic hydroxyl groups is 1. The van der Waals surface area contributed by atoms with Gasteiger partial charge in [0.2, 0.25) is 0 Å². The molecule has 1 rings (SSSR count). The van der Waals surface area contributed by atoms with E-state index in [0.717, 1.165) is 12.2 Å². The molecule has 17 heavy (non-hydrogen) atoms. The fraction of sp³-hybridized carbons (Fsp3) is 0.467. The van der Waals surface area contributed by atoms with E-state index < -0.39 is 5.60 Å². The normalized spacial score (nSPS) is 16.0. The van der Waals surface area contributed by atoms with E-state index >= 15 is 0 Å². The SMILES string of the molecule is C=CC[C@](C)(O)[C@@H](C)N(CC)c1ccccc1. The quantitative estimate of drug-likeness (QED) is 0.763. The summed E-state index contributed by atoms with van der Waals surface area (Å²) in [5.41, 5.74) is 0.389. The highest BCUT2D eigenvalue weighted by atomic mass is 16.3. The van der Waals surface area contributed by atoms with Crippen molar-refractivity contribution in [1.29, 1.82) is 0 Å². The van der Waals surface area contributed by atoms with Gasteiger partial charge in [-0.25, -0.2) is 0 Å². The zero-order valence-electron chi connectivity index (χ0n) is 11.1. The Morgan fingerprint density at radius 3 is 2.47 bits per heavy atom. The molecule has 2 heteroatoms. The van der Waals surface area contributed by atoms with Gasteiger partial charge >= 0.3 is 0 Å². The number of hydrogen-bond donors (Lipinski definition) is 1. The summed E-state index contributed by atoms with van der Waals surface area (Å²) >= 11 is 0. The summed E-state index contributed by atoms with van der Waals surface area (Å²) in [5, 5.41) is 10.4. The molecule has 0 aliphatic heterocycles. The molecule has 94 valence electrons. The van der Waals surface area contributed by atoms with Gasteiger partial charge in [-0.05, 0) is 39.3 Å². The van der Waals surface area contributed by atoms with Crippen molar-refractivity contribution < 1.29 is 5.11 Å². The van der Waals surface area contributed by atoms with E-state index in [4.69, 9.17) is 0 Å². The number of hydrogen-bond acceptors (Lipinski definition) is 2. The van der Waals surface area contributed by atoms with Crippen molar-refractivity contribution in [3.63, 3.8) is 0 Å². The van der Waals surface area contributed by atoms with E-state index in [1.165, 1.54) is 0 Å². The van der Waals surface area contributed by atoms with E-state index in [1.807, 2.05) is 25.1 Å². The van der Waals surface area contributed by atoms with Crippen LogP contribution in [0.25, 0.3) is 0 Å². The van der Waals surface area contributed by atoms with Crippen LogP contribution in [0.15, 0.2) is 43.0 Å². The summed E-state index contributed by atoms with van der Waals surface area (Å²) in [7, 11) is 0. The minimum absolute atomic E-state index is 0.0490. The summed E-state index contributed by atoms with van der Waals surface area (Å²) in [5.74, 6) is 0. The summed E-state index contributed by atoms with van der Waals surface area (Å²) in [6.07, 6.45) is 2.37. The number of benzene rings is 1. The fourth-order valence-electron chi connectivity index (χ4n) is 2.10. The molecular weight excluding hydrogens is 210 g/mol. The lowest BCUT2D eigenvalue weighted by Crippen LogP contribution is -2.49. The first kappa shape index (κ1) is 13.8. The topological polar surface area (TPSA) is 23.5 Å². The van der Waals surface area contributed by atoms with Crippen LogP contribution >= 0.6 is 0 Å². The Bertz CT molecular complexity index is 345. The maximum atomic E-state index is 10.4. The van der Waals surface area contributed by atoms with Gasteiger partial charge in [-0.3, -0.25) is 0 Å². The molecule has 0 unspecified atom stereocenters. The minimum Gasteiger partial charge on any atom is -0.388 e. The van der Waals surface area contributed by atoms with Gasteiger partial charge in [-0.2, -0.15) is 0 Å². The van der Waals surface area contributed by atoms with E-state index in [9.17, 15) is 5.11 Å². The van der Waals surface area contributed by atoms with Crippen LogP contribution in [0.1, 0.15) is 27.2 Å². The Balaban J connectivity index is 2.91. The summed E-state index contributed by atoms with van der Waals surface area (Å²) < 4.78 is 0. The van der Waals surface area contributed by atoms with Gasteiger partial charge < -0.3 is 10.0 Å². The molecule has 2 atom stereocenters. The zero-order valence-corrected chi connectivity index (χ0v) is 11.1. The van der Waals surface area contributed by atoms with Gasteiger partial charge in [-0.15, -0.1) is 6.58 Å². The predicted molar refractivity (Wildman–Crippen MR) is 74.4 cm³/mol. The molecule has 1 N–H and O–H groups in total. The molecule has 0 aliphatic rings. The lowest BCUT2D eigenvalue weighted by atomic mass is 9.92. The first-order valence-electron chi connectivity index (χ1n) is 6.18. The first-order valence-corrected chi connectivity index (χ1v) is 6.18. The molecule has 0 fully saturated rings. The molecule has 0 aliphatic carbocycles. The van der Waals surface area contributed by atoms with E-state index in [-0.39, 0.29) is 6.04 Å². The van der Waals surface area contributed by atoms with E-state index in [2.05, 4.69) is 37.5 Å². The third-order valence-corrected chi connectivity index (χ3v) is 3.35. The molecule has 1 aromatic rings. The molecule has 0 amide bonds. The number of nitrogens with zero attached hydrogens (tertiary/aromatic N) is 1. The van der Waals surface area contributed by atoms with Gasteiger partial charge in [0.25, 0.3) is 0 Å². The van der Waals surface area contributed by atoms with Crippen LogP contribution in [-0.2, 0) is 0 Å². The summed E-state index contributed by atoms with van der Waals surface area (Å²) in [6.45, 7) is 10.6. The van der Waals surface area contributed by atoms with Crippen molar-refractivity contribution >= 4 is 5.69 Å². The van der Waals surface area contributed by atoms with Crippen molar-refractivity contribution in [3.8, 4) is 0 Å². The second kappa shape index (κ2) is 5.87. The Labute approximate surface area is 105 Å². The van der Waals surface area contributed by atoms with E-state index in [1.54, 1.807) is 6.08 Å². The van der Waals surface area contributed by atoms with Crippen molar-refractivity contribution in [1.82, 2.24) is 0 Å². The number of rotatable bonds is 6. The van der Waals surface area contributed by atoms with Crippen molar-refractivity contribution in [2.45, 2.75) is 38.8 Å². The van der Waals surface area contributed by atoms with Crippen LogP contribution in [-0.4, -0.2) is 23.3 Å². The highest BCUT2D eigenvalue weighted by Gasteiger charge is 2.31. The standard InChI is InChI=1S/C15H23NO/c1-5-12-15(4,17)13(3)16(6-2)14-10-8-7-9-11-14/h5,7-11,13,17H,1,6,12H2,2-4H3/t13-,15+/m1/s1. The fourth-order valence-corrected chi connectivity index (χ4v) is 2.10. The molecule has 0 saturated carbocycles. The molecule has 1 aromatic carbocycles. The van der Waals surface area contributed by atoms with Crippen LogP contribution in [0.2, 0.25) is 0 Å². The van der Waals surface area contributed by atoms with E-state index in [0.29, 0.717) is 6.42 Å². The smallest absolute Gasteiger partial charge is 0.0853 e. The second-order valence-electron chi connectivity index (χ2n) is 4.65. The number of anilines is 1. The largest absolute Gasteiger partial charge is 0.388 e. The van der Waals surface area contributed by atoms with Crippen molar-refractivity contribution in [2.75, 3.05) is 11.4 Å². The lowest BCUT2D eigenvalue weighted by Gasteiger charge is -2.39. The van der Waals surface area contributed by atoms with Crippen molar-refractivity contribution in [2.24, 2.45) is 0 Å². The Kier molecular flexibility index (Phi) is 4.76. The van der Waals surface area contributed by atoms with Gasteiger partial charge in [0.15, 0.2) is 0 Å². The summed E-state index contributed by atoms with van der Waals surface area (Å²) in [4.78, 5) is 2.21. The first-order chi connectivity index (χ1) is 8.03. The maximum Gasteiger partial charge on any atom is 0.0853 e. The van der Waals surface area contributed by atoms with Crippen LogP contribution in [0.3, 0.4) is 0 Å². The monoisotopic (exact) mass is 233 g/mol. The summed E-state index contributed by atoms with van der Waals surface area (Å²) in [6, 6.07) is 10.2. The van der Waals surface area contributed by atoms with Crippen LogP contribution in [0.5, 0.6) is 0 Å². The Morgan fingerprint density at radius 2 is 2.00 bits per heavy atom. The third kappa shape index (κ3) is 3.34. The highest BCUT2D eigenvalue weighted by molar-refractivity contribution is 5.47. The zero-order chi connectivity index (χ0) is 12.9. The molecule has 0 aromatic heterocycles. The maximum absolute atomic E-state index is 10.4. The molecular formula is C15H23NO. The third-order valence-electron chi connectivity index (χ3n) is 3.35. The lowest BCUT2D eigenvalue weighted by molar-refractivity contribution is 0.0388.